The van der Waals surface area contributed by atoms with Gasteiger partial charge < -0.3 is 10.6 Å². The molecule has 1 aliphatic heterocycles. The molecule has 2 atom stereocenters. The highest BCUT2D eigenvalue weighted by Gasteiger charge is 2.49. The van der Waals surface area contributed by atoms with Gasteiger partial charge in [-0.2, -0.15) is 0 Å². The summed E-state index contributed by atoms with van der Waals surface area (Å²) in [5.41, 5.74) is 5.15. The van der Waals surface area contributed by atoms with Crippen molar-refractivity contribution in [3.8, 4) is 0 Å². The van der Waals surface area contributed by atoms with E-state index in [2.05, 4.69) is 0 Å². The van der Waals surface area contributed by atoms with E-state index in [-0.39, 0.29) is 18.4 Å². The smallest absolute Gasteiger partial charge is 0.242 e. The number of halogens is 1. The number of alkyl halides is 1. The van der Waals surface area contributed by atoms with E-state index in [0.717, 1.165) is 19.3 Å². The highest BCUT2D eigenvalue weighted by molar-refractivity contribution is 5.89. The first-order valence-corrected chi connectivity index (χ1v) is 5.25. The minimum Gasteiger partial charge on any atom is -0.338 e. The molecular weight excluding hydrogens is 183 g/mol. The van der Waals surface area contributed by atoms with Crippen LogP contribution in [0.25, 0.3) is 0 Å². The minimum absolute atomic E-state index is 0.0490. The van der Waals surface area contributed by atoms with Crippen molar-refractivity contribution >= 4 is 5.91 Å². The molecule has 1 saturated heterocycles. The molecule has 1 amide bonds. The minimum atomic E-state index is -0.880. The molecule has 1 heterocycles. The summed E-state index contributed by atoms with van der Waals surface area (Å²) < 4.78 is 13.4. The maximum absolute atomic E-state index is 13.4. The summed E-state index contributed by atoms with van der Waals surface area (Å²) in [7, 11) is 0. The van der Waals surface area contributed by atoms with Crippen LogP contribution in [0.2, 0.25) is 0 Å². The number of amides is 1. The Morgan fingerprint density at radius 1 is 1.57 bits per heavy atom. The van der Waals surface area contributed by atoms with Crippen LogP contribution in [-0.2, 0) is 4.79 Å². The Morgan fingerprint density at radius 2 is 2.21 bits per heavy atom. The highest BCUT2D eigenvalue weighted by atomic mass is 19.1. The lowest BCUT2D eigenvalue weighted by Crippen LogP contribution is -2.51. The summed E-state index contributed by atoms with van der Waals surface area (Å²) in [5, 5.41) is 0. The van der Waals surface area contributed by atoms with E-state index in [9.17, 15) is 9.18 Å². The lowest BCUT2D eigenvalue weighted by atomic mass is 9.96. The molecule has 2 fully saturated rings. The molecule has 14 heavy (non-hydrogen) atoms. The van der Waals surface area contributed by atoms with Crippen molar-refractivity contribution in [3.63, 3.8) is 0 Å². The van der Waals surface area contributed by atoms with E-state index < -0.39 is 11.7 Å². The molecule has 0 aromatic carbocycles. The van der Waals surface area contributed by atoms with E-state index in [1.165, 1.54) is 0 Å². The average Bonchev–Trinajstić information content (AvgIpc) is 2.89. The molecule has 0 radical (unpaired) electrons. The van der Waals surface area contributed by atoms with Crippen molar-refractivity contribution in [1.82, 2.24) is 4.90 Å². The summed E-state index contributed by atoms with van der Waals surface area (Å²) in [4.78, 5) is 13.4. The molecule has 2 aliphatic rings. The highest BCUT2D eigenvalue weighted by Crippen LogP contribution is 2.35. The van der Waals surface area contributed by atoms with Crippen LogP contribution in [0.15, 0.2) is 0 Å². The number of likely N-dealkylation sites (tertiary alicyclic amines) is 1. The zero-order valence-corrected chi connectivity index (χ0v) is 8.50. The summed E-state index contributed by atoms with van der Waals surface area (Å²) in [6, 6.07) is 0. The second-order valence-electron chi connectivity index (χ2n) is 4.69. The van der Waals surface area contributed by atoms with Crippen molar-refractivity contribution in [1.29, 1.82) is 0 Å². The van der Waals surface area contributed by atoms with Crippen molar-refractivity contribution in [2.75, 3.05) is 13.1 Å². The Labute approximate surface area is 83.4 Å². The normalized spacial score (nSPS) is 35.5. The average molecular weight is 200 g/mol. The van der Waals surface area contributed by atoms with E-state index in [4.69, 9.17) is 5.73 Å². The Hall–Kier alpha value is -0.640. The van der Waals surface area contributed by atoms with Gasteiger partial charge in [0, 0.05) is 6.54 Å². The fourth-order valence-electron chi connectivity index (χ4n) is 1.87. The molecule has 4 heteroatoms. The Balaban J connectivity index is 1.96. The standard InChI is InChI=1S/C10H17FN2O/c1-7-2-5-13(6-8(7)11)9(14)10(12)3-4-10/h7-8H,2-6,12H2,1H3. The number of carbonyl (C=O) groups excluding carboxylic acids is 1. The molecule has 80 valence electrons. The van der Waals surface area contributed by atoms with Crippen LogP contribution >= 0.6 is 0 Å². The predicted octanol–water partition coefficient (Wildman–Crippen LogP) is 0.684. The maximum atomic E-state index is 13.4. The van der Waals surface area contributed by atoms with Gasteiger partial charge in [0.25, 0.3) is 0 Å². The van der Waals surface area contributed by atoms with Gasteiger partial charge >= 0.3 is 0 Å². The number of hydrogen-bond donors (Lipinski definition) is 1. The molecule has 3 nitrogen and oxygen atoms in total. The van der Waals surface area contributed by atoms with Gasteiger partial charge in [-0.3, -0.25) is 4.79 Å². The second-order valence-corrected chi connectivity index (χ2v) is 4.69. The fourth-order valence-corrected chi connectivity index (χ4v) is 1.87. The molecule has 1 aliphatic carbocycles. The summed E-state index contributed by atoms with van der Waals surface area (Å²) in [6.45, 7) is 2.79. The van der Waals surface area contributed by atoms with Crippen molar-refractivity contribution < 1.29 is 9.18 Å². The number of piperidine rings is 1. The number of nitrogens with zero attached hydrogens (tertiary/aromatic N) is 1. The molecule has 0 bridgehead atoms. The first-order valence-electron chi connectivity index (χ1n) is 5.25. The third kappa shape index (κ3) is 1.63. The molecule has 2 N–H and O–H groups in total. The Kier molecular flexibility index (Phi) is 2.26. The fraction of sp³-hybridized carbons (Fsp3) is 0.900. The molecule has 0 aromatic heterocycles. The van der Waals surface area contributed by atoms with Gasteiger partial charge in [-0.1, -0.05) is 6.92 Å². The molecule has 2 rings (SSSR count). The number of carbonyl (C=O) groups is 1. The van der Waals surface area contributed by atoms with Gasteiger partial charge in [-0.15, -0.1) is 0 Å². The lowest BCUT2D eigenvalue weighted by molar-refractivity contribution is -0.136. The molecule has 2 unspecified atom stereocenters. The summed E-state index contributed by atoms with van der Waals surface area (Å²) in [6.07, 6.45) is 1.39. The predicted molar refractivity (Wildman–Crippen MR) is 51.4 cm³/mol. The van der Waals surface area contributed by atoms with Gasteiger partial charge in [0.1, 0.15) is 6.17 Å². The van der Waals surface area contributed by atoms with Gasteiger partial charge in [-0.25, -0.2) is 4.39 Å². The molecule has 1 saturated carbocycles. The van der Waals surface area contributed by atoms with E-state index >= 15 is 0 Å². The van der Waals surface area contributed by atoms with Crippen LogP contribution in [0.4, 0.5) is 4.39 Å². The second kappa shape index (κ2) is 3.19. The largest absolute Gasteiger partial charge is 0.338 e. The van der Waals surface area contributed by atoms with Gasteiger partial charge in [-0.05, 0) is 25.2 Å². The molecule has 0 spiro atoms. The van der Waals surface area contributed by atoms with E-state index in [1.54, 1.807) is 4.90 Å². The lowest BCUT2D eigenvalue weighted by Gasteiger charge is -2.34. The zero-order chi connectivity index (χ0) is 10.3. The van der Waals surface area contributed by atoms with Gasteiger partial charge in [0.15, 0.2) is 0 Å². The molecular formula is C10H17FN2O. The Bertz CT molecular complexity index is 253. The topological polar surface area (TPSA) is 46.3 Å². The first-order chi connectivity index (χ1) is 6.53. The van der Waals surface area contributed by atoms with Crippen LogP contribution in [-0.4, -0.2) is 35.6 Å². The van der Waals surface area contributed by atoms with Crippen LogP contribution in [0.3, 0.4) is 0 Å². The van der Waals surface area contributed by atoms with Crippen LogP contribution < -0.4 is 5.73 Å². The summed E-state index contributed by atoms with van der Waals surface area (Å²) >= 11 is 0. The molecule has 0 aromatic rings. The van der Waals surface area contributed by atoms with E-state index in [1.807, 2.05) is 6.92 Å². The third-order valence-corrected chi connectivity index (χ3v) is 3.37. The number of hydrogen-bond acceptors (Lipinski definition) is 2. The Morgan fingerprint density at radius 3 is 2.71 bits per heavy atom. The SMILES string of the molecule is CC1CCN(C(=O)C2(N)CC2)CC1F. The van der Waals surface area contributed by atoms with Gasteiger partial charge in [0.2, 0.25) is 5.91 Å². The number of rotatable bonds is 1. The maximum Gasteiger partial charge on any atom is 0.242 e. The quantitative estimate of drug-likeness (QED) is 0.676. The third-order valence-electron chi connectivity index (χ3n) is 3.37. The van der Waals surface area contributed by atoms with Crippen LogP contribution in [0.5, 0.6) is 0 Å². The zero-order valence-electron chi connectivity index (χ0n) is 8.50. The van der Waals surface area contributed by atoms with Crippen molar-refractivity contribution in [2.45, 2.75) is 37.9 Å². The first kappa shape index (κ1) is 9.90. The number of nitrogens with two attached hydrogens (primary N) is 1. The van der Waals surface area contributed by atoms with Crippen LogP contribution in [0.1, 0.15) is 26.2 Å². The van der Waals surface area contributed by atoms with Crippen molar-refractivity contribution in [3.05, 3.63) is 0 Å². The van der Waals surface area contributed by atoms with E-state index in [0.29, 0.717) is 6.54 Å². The van der Waals surface area contributed by atoms with Crippen LogP contribution in [0, 0.1) is 5.92 Å². The monoisotopic (exact) mass is 200 g/mol. The van der Waals surface area contributed by atoms with Gasteiger partial charge in [0.05, 0.1) is 12.1 Å². The van der Waals surface area contributed by atoms with Crippen molar-refractivity contribution in [2.24, 2.45) is 11.7 Å². The summed E-state index contributed by atoms with van der Waals surface area (Å²) in [5.74, 6) is 0.0269.